The van der Waals surface area contributed by atoms with Crippen LogP contribution in [-0.4, -0.2) is 41.3 Å². The average molecular weight is 436 g/mol. The van der Waals surface area contributed by atoms with E-state index in [1.807, 2.05) is 26.2 Å². The smallest absolute Gasteiger partial charge is 0.312 e. The molecule has 0 aliphatic rings. The summed E-state index contributed by atoms with van der Waals surface area (Å²) in [5.74, 6) is -0.110. The first-order valence-electron chi connectivity index (χ1n) is 10.6. The molecule has 0 unspecified atom stereocenters. The maximum atomic E-state index is 12.4. The van der Waals surface area contributed by atoms with Crippen LogP contribution in [0.15, 0.2) is 48.5 Å². The number of nitrogens with zero attached hydrogens (tertiary/aromatic N) is 4. The highest BCUT2D eigenvalue weighted by Gasteiger charge is 2.21. The second-order valence-electron chi connectivity index (χ2n) is 8.05. The van der Waals surface area contributed by atoms with E-state index in [1.54, 1.807) is 30.7 Å². The number of hydrogen-bond donors (Lipinski definition) is 1. The Labute approximate surface area is 188 Å². The van der Waals surface area contributed by atoms with Gasteiger partial charge < -0.3 is 10.2 Å². The molecule has 0 aliphatic carbocycles. The summed E-state index contributed by atoms with van der Waals surface area (Å²) < 4.78 is 1.62. The predicted octanol–water partition coefficient (Wildman–Crippen LogP) is 3.89. The third-order valence-corrected chi connectivity index (χ3v) is 5.45. The second-order valence-corrected chi connectivity index (χ2v) is 8.05. The molecule has 32 heavy (non-hydrogen) atoms. The number of carbonyl (C=O) groups is 1. The first-order chi connectivity index (χ1) is 15.3. The van der Waals surface area contributed by atoms with Crippen LogP contribution in [0.1, 0.15) is 39.3 Å². The first kappa shape index (κ1) is 23.0. The fraction of sp³-hybridized carbons (Fsp3) is 0.333. The van der Waals surface area contributed by atoms with Gasteiger partial charge in [-0.1, -0.05) is 24.3 Å². The average Bonchev–Trinajstić information content (AvgIpc) is 3.04. The number of aromatic nitrogens is 2. The highest BCUT2D eigenvalue weighted by Crippen LogP contribution is 2.22. The van der Waals surface area contributed by atoms with Crippen molar-refractivity contribution in [3.05, 3.63) is 86.7 Å². The van der Waals surface area contributed by atoms with Crippen molar-refractivity contribution < 1.29 is 9.72 Å². The Bertz CT molecular complexity index is 1090. The number of nitro groups is 1. The third-order valence-electron chi connectivity index (χ3n) is 5.45. The van der Waals surface area contributed by atoms with Crippen molar-refractivity contribution in [3.63, 3.8) is 0 Å². The van der Waals surface area contributed by atoms with Gasteiger partial charge in [0.25, 0.3) is 5.91 Å². The third kappa shape index (κ3) is 5.51. The molecule has 0 saturated heterocycles. The summed E-state index contributed by atoms with van der Waals surface area (Å²) in [4.78, 5) is 25.2. The van der Waals surface area contributed by atoms with E-state index in [-0.39, 0.29) is 11.6 Å². The topological polar surface area (TPSA) is 93.3 Å². The maximum Gasteiger partial charge on any atom is 0.312 e. The lowest BCUT2D eigenvalue weighted by Crippen LogP contribution is -2.24. The predicted molar refractivity (Wildman–Crippen MR) is 125 cm³/mol. The molecule has 0 fully saturated rings. The summed E-state index contributed by atoms with van der Waals surface area (Å²) in [5.41, 5.74) is 4.89. The standard InChI is InChI=1S/C24H29N5O3/c1-17-23(29(31)32)18(2)28(26-17)16-20-7-11-21(12-8-20)24(30)25-15-5-6-19-9-13-22(14-10-19)27(3)4/h7-14H,5-6,15-16H2,1-4H3,(H,25,30). The number of benzene rings is 2. The van der Waals surface area contributed by atoms with Gasteiger partial charge in [-0.15, -0.1) is 0 Å². The van der Waals surface area contributed by atoms with E-state index in [1.165, 1.54) is 11.3 Å². The van der Waals surface area contributed by atoms with Crippen LogP contribution < -0.4 is 10.2 Å². The quantitative estimate of drug-likeness (QED) is 0.313. The van der Waals surface area contributed by atoms with Gasteiger partial charge in [-0.3, -0.25) is 19.6 Å². The summed E-state index contributed by atoms with van der Waals surface area (Å²) in [6, 6.07) is 15.7. The molecule has 1 heterocycles. The molecule has 0 saturated carbocycles. The van der Waals surface area contributed by atoms with E-state index in [0.29, 0.717) is 30.0 Å². The van der Waals surface area contributed by atoms with Gasteiger partial charge >= 0.3 is 5.69 Å². The molecule has 1 N–H and O–H groups in total. The zero-order chi connectivity index (χ0) is 23.3. The van der Waals surface area contributed by atoms with Crippen molar-refractivity contribution in [2.45, 2.75) is 33.2 Å². The minimum Gasteiger partial charge on any atom is -0.378 e. The minimum absolute atomic E-state index is 0.0506. The van der Waals surface area contributed by atoms with Gasteiger partial charge in [0.1, 0.15) is 11.4 Å². The lowest BCUT2D eigenvalue weighted by molar-refractivity contribution is -0.386. The SMILES string of the molecule is Cc1nn(Cc2ccc(C(=O)NCCCc3ccc(N(C)C)cc3)cc2)c(C)c1[N+](=O)[O-]. The molecule has 8 heteroatoms. The van der Waals surface area contributed by atoms with Crippen LogP contribution in [0.2, 0.25) is 0 Å². The van der Waals surface area contributed by atoms with E-state index in [2.05, 4.69) is 39.6 Å². The Morgan fingerprint density at radius 1 is 1.06 bits per heavy atom. The summed E-state index contributed by atoms with van der Waals surface area (Å²) in [6.07, 6.45) is 1.77. The fourth-order valence-corrected chi connectivity index (χ4v) is 3.60. The van der Waals surface area contributed by atoms with Gasteiger partial charge in [0.15, 0.2) is 0 Å². The van der Waals surface area contributed by atoms with Crippen LogP contribution in [0.25, 0.3) is 0 Å². The molecule has 0 bridgehead atoms. The molecule has 168 valence electrons. The first-order valence-corrected chi connectivity index (χ1v) is 10.6. The van der Waals surface area contributed by atoms with E-state index in [9.17, 15) is 14.9 Å². The van der Waals surface area contributed by atoms with Crippen molar-refractivity contribution in [1.29, 1.82) is 0 Å². The minimum atomic E-state index is -0.402. The van der Waals surface area contributed by atoms with E-state index in [4.69, 9.17) is 0 Å². The molecule has 2 aromatic carbocycles. The van der Waals surface area contributed by atoms with Gasteiger partial charge in [-0.25, -0.2) is 0 Å². The van der Waals surface area contributed by atoms with Crippen LogP contribution in [0.4, 0.5) is 11.4 Å². The van der Waals surface area contributed by atoms with Gasteiger partial charge in [0, 0.05) is 31.9 Å². The fourth-order valence-electron chi connectivity index (χ4n) is 3.60. The van der Waals surface area contributed by atoms with Gasteiger partial charge in [0.2, 0.25) is 0 Å². The monoisotopic (exact) mass is 435 g/mol. The van der Waals surface area contributed by atoms with E-state index in [0.717, 1.165) is 18.4 Å². The van der Waals surface area contributed by atoms with Crippen LogP contribution in [-0.2, 0) is 13.0 Å². The molecule has 3 aromatic rings. The number of hydrogen-bond acceptors (Lipinski definition) is 5. The molecule has 8 nitrogen and oxygen atoms in total. The zero-order valence-corrected chi connectivity index (χ0v) is 19.0. The lowest BCUT2D eigenvalue weighted by atomic mass is 10.1. The number of carbonyl (C=O) groups excluding carboxylic acids is 1. The number of amides is 1. The summed E-state index contributed by atoms with van der Waals surface area (Å²) in [6.45, 7) is 4.34. The molecule has 3 rings (SSSR count). The second kappa shape index (κ2) is 10.1. The Kier molecular flexibility index (Phi) is 7.25. The van der Waals surface area contributed by atoms with Crippen molar-refractivity contribution in [1.82, 2.24) is 15.1 Å². The maximum absolute atomic E-state index is 12.4. The molecule has 0 aliphatic heterocycles. The Hall–Kier alpha value is -3.68. The number of anilines is 1. The Balaban J connectivity index is 1.50. The molecule has 0 spiro atoms. The van der Waals surface area contributed by atoms with Gasteiger partial charge in [-0.2, -0.15) is 5.10 Å². The normalized spacial score (nSPS) is 10.8. The molecular formula is C24H29N5O3. The number of aryl methyl sites for hydroxylation is 2. The van der Waals surface area contributed by atoms with Crippen molar-refractivity contribution in [2.24, 2.45) is 0 Å². The summed E-state index contributed by atoms with van der Waals surface area (Å²) in [5, 5.41) is 18.4. The zero-order valence-electron chi connectivity index (χ0n) is 19.0. The highest BCUT2D eigenvalue weighted by atomic mass is 16.6. The summed E-state index contributed by atoms with van der Waals surface area (Å²) in [7, 11) is 4.03. The van der Waals surface area contributed by atoms with Gasteiger partial charge in [0.05, 0.1) is 11.5 Å². The highest BCUT2D eigenvalue weighted by molar-refractivity contribution is 5.94. The van der Waals surface area contributed by atoms with Crippen LogP contribution in [0, 0.1) is 24.0 Å². The van der Waals surface area contributed by atoms with E-state index >= 15 is 0 Å². The van der Waals surface area contributed by atoms with Crippen molar-refractivity contribution in [2.75, 3.05) is 25.5 Å². The largest absolute Gasteiger partial charge is 0.378 e. The van der Waals surface area contributed by atoms with Crippen LogP contribution >= 0.6 is 0 Å². The Morgan fingerprint density at radius 3 is 2.25 bits per heavy atom. The Morgan fingerprint density at radius 2 is 1.69 bits per heavy atom. The number of nitrogens with one attached hydrogen (secondary N) is 1. The molecular weight excluding hydrogens is 406 g/mol. The van der Waals surface area contributed by atoms with Crippen molar-refractivity contribution >= 4 is 17.3 Å². The lowest BCUT2D eigenvalue weighted by Gasteiger charge is -2.12. The van der Waals surface area contributed by atoms with E-state index < -0.39 is 4.92 Å². The molecule has 0 atom stereocenters. The summed E-state index contributed by atoms with van der Waals surface area (Å²) >= 11 is 0. The van der Waals surface area contributed by atoms with Crippen LogP contribution in [0.5, 0.6) is 0 Å². The molecule has 1 amide bonds. The molecule has 1 aromatic heterocycles. The van der Waals surface area contributed by atoms with Crippen molar-refractivity contribution in [3.8, 4) is 0 Å². The molecule has 0 radical (unpaired) electrons. The van der Waals surface area contributed by atoms with Crippen LogP contribution in [0.3, 0.4) is 0 Å². The van der Waals surface area contributed by atoms with Gasteiger partial charge in [-0.05, 0) is 62.1 Å². The number of rotatable bonds is 9.